The Morgan fingerprint density at radius 2 is 2.33 bits per heavy atom. The van der Waals surface area contributed by atoms with E-state index in [1.165, 1.54) is 0 Å². The summed E-state index contributed by atoms with van der Waals surface area (Å²) < 4.78 is 1.82. The van der Waals surface area contributed by atoms with Gasteiger partial charge in [0.05, 0.1) is 11.9 Å². The molecule has 0 amide bonds. The predicted molar refractivity (Wildman–Crippen MR) is 101 cm³/mol. The molecule has 1 aliphatic carbocycles. The van der Waals surface area contributed by atoms with Crippen LogP contribution in [0.1, 0.15) is 40.8 Å². The van der Waals surface area contributed by atoms with Crippen LogP contribution in [0.3, 0.4) is 0 Å². The summed E-state index contributed by atoms with van der Waals surface area (Å²) in [6.45, 7) is 3.32. The van der Waals surface area contributed by atoms with E-state index >= 15 is 0 Å². The molecule has 27 heavy (non-hydrogen) atoms. The van der Waals surface area contributed by atoms with Crippen LogP contribution in [0.2, 0.25) is 0 Å². The molecule has 3 aromatic rings. The summed E-state index contributed by atoms with van der Waals surface area (Å²) in [7, 11) is 0. The van der Waals surface area contributed by atoms with Gasteiger partial charge in [-0.25, -0.2) is 9.78 Å². The van der Waals surface area contributed by atoms with Crippen LogP contribution in [0.4, 0.5) is 0 Å². The third kappa shape index (κ3) is 3.60. The van der Waals surface area contributed by atoms with Crippen LogP contribution in [-0.2, 0) is 25.9 Å². The van der Waals surface area contributed by atoms with E-state index in [-0.39, 0.29) is 11.7 Å². The number of carbonyl (C=O) groups is 1. The maximum Gasteiger partial charge on any atom is 0.356 e. The number of aromatic nitrogens is 5. The smallest absolute Gasteiger partial charge is 0.356 e. The lowest BCUT2D eigenvalue weighted by molar-refractivity contribution is 0.0688. The second kappa shape index (κ2) is 7.53. The van der Waals surface area contributed by atoms with E-state index in [1.54, 1.807) is 29.9 Å². The average Bonchev–Trinajstić information content (AvgIpc) is 3.31. The fraction of sp³-hybridized carbons (Fsp3) is 0.389. The van der Waals surface area contributed by atoms with Crippen molar-refractivity contribution in [2.45, 2.75) is 45.3 Å². The predicted octanol–water partition coefficient (Wildman–Crippen LogP) is 2.16. The van der Waals surface area contributed by atoms with Crippen LogP contribution in [0.5, 0.6) is 0 Å². The Labute approximate surface area is 160 Å². The first-order chi connectivity index (χ1) is 13.2. The molecule has 3 heterocycles. The minimum Gasteiger partial charge on any atom is -0.476 e. The minimum atomic E-state index is -0.952. The Balaban J connectivity index is 1.43. The molecule has 9 heteroatoms. The lowest BCUT2D eigenvalue weighted by Crippen LogP contribution is -2.34. The van der Waals surface area contributed by atoms with Crippen LogP contribution in [-0.4, -0.2) is 41.9 Å². The Morgan fingerprint density at radius 1 is 1.44 bits per heavy atom. The zero-order valence-corrected chi connectivity index (χ0v) is 15.7. The van der Waals surface area contributed by atoms with E-state index in [9.17, 15) is 9.90 Å². The summed E-state index contributed by atoms with van der Waals surface area (Å²) in [6, 6.07) is 0.215. The number of carboxylic acids is 1. The molecule has 1 aliphatic rings. The third-order valence-electron chi connectivity index (χ3n) is 4.75. The zero-order chi connectivity index (χ0) is 18.8. The van der Waals surface area contributed by atoms with Gasteiger partial charge in [0.25, 0.3) is 0 Å². The zero-order valence-electron chi connectivity index (χ0n) is 14.9. The molecule has 4 rings (SSSR count). The van der Waals surface area contributed by atoms with Gasteiger partial charge in [-0.1, -0.05) is 0 Å². The molecule has 0 aromatic carbocycles. The summed E-state index contributed by atoms with van der Waals surface area (Å²) in [5.41, 5.74) is 3.85. The molecular weight excluding hydrogens is 364 g/mol. The highest BCUT2D eigenvalue weighted by molar-refractivity contribution is 7.13. The molecular formula is C18H20N6O2S. The first-order valence-electron chi connectivity index (χ1n) is 8.91. The van der Waals surface area contributed by atoms with Gasteiger partial charge in [0.15, 0.2) is 5.69 Å². The number of thiazole rings is 1. The highest BCUT2D eigenvalue weighted by Crippen LogP contribution is 2.26. The number of aryl methyl sites for hydroxylation is 1. The van der Waals surface area contributed by atoms with E-state index in [2.05, 4.69) is 25.4 Å². The molecule has 0 fully saturated rings. The number of rotatable bonds is 6. The quantitative estimate of drug-likeness (QED) is 0.671. The first kappa shape index (κ1) is 17.7. The van der Waals surface area contributed by atoms with Gasteiger partial charge in [0.2, 0.25) is 0 Å². The number of carboxylic acid groups (broad SMARTS) is 1. The van der Waals surface area contributed by atoms with Crippen molar-refractivity contribution < 1.29 is 9.90 Å². The molecule has 8 nitrogen and oxygen atoms in total. The van der Waals surface area contributed by atoms with Gasteiger partial charge in [0, 0.05) is 48.2 Å². The number of hydrogen-bond acceptors (Lipinski definition) is 7. The SMILES string of the molecule is CCn1nc(C(=O)O)c2c1CC[C@H](NCc1csc(-c3cnccn3)n1)C2. The third-order valence-corrected chi connectivity index (χ3v) is 5.67. The van der Waals surface area contributed by atoms with Crippen molar-refractivity contribution in [2.24, 2.45) is 0 Å². The highest BCUT2D eigenvalue weighted by Gasteiger charge is 2.28. The number of nitrogens with zero attached hydrogens (tertiary/aromatic N) is 5. The van der Waals surface area contributed by atoms with Crippen molar-refractivity contribution >= 4 is 17.3 Å². The van der Waals surface area contributed by atoms with Crippen LogP contribution in [0.15, 0.2) is 24.0 Å². The lowest BCUT2D eigenvalue weighted by Gasteiger charge is -2.24. The minimum absolute atomic E-state index is 0.192. The Kier molecular flexibility index (Phi) is 4.95. The number of fused-ring (bicyclic) bond motifs is 1. The van der Waals surface area contributed by atoms with E-state index in [4.69, 9.17) is 0 Å². The molecule has 140 valence electrons. The van der Waals surface area contributed by atoms with E-state index in [0.717, 1.165) is 40.5 Å². The summed E-state index contributed by atoms with van der Waals surface area (Å²) in [5, 5.41) is 20.1. The lowest BCUT2D eigenvalue weighted by atomic mass is 9.91. The summed E-state index contributed by atoms with van der Waals surface area (Å²) in [4.78, 5) is 24.5. The molecule has 0 radical (unpaired) electrons. The molecule has 1 atom stereocenters. The fourth-order valence-electron chi connectivity index (χ4n) is 3.46. The van der Waals surface area contributed by atoms with Gasteiger partial charge in [-0.2, -0.15) is 5.10 Å². The maximum absolute atomic E-state index is 11.5. The largest absolute Gasteiger partial charge is 0.476 e. The molecule has 2 N–H and O–H groups in total. The molecule has 0 spiro atoms. The van der Waals surface area contributed by atoms with E-state index in [0.29, 0.717) is 19.5 Å². The van der Waals surface area contributed by atoms with Crippen molar-refractivity contribution in [3.05, 3.63) is 46.6 Å². The van der Waals surface area contributed by atoms with Crippen LogP contribution >= 0.6 is 11.3 Å². The topological polar surface area (TPSA) is 106 Å². The first-order valence-corrected chi connectivity index (χ1v) is 9.79. The molecule has 0 unspecified atom stereocenters. The van der Waals surface area contributed by atoms with Gasteiger partial charge in [-0.15, -0.1) is 11.3 Å². The Bertz CT molecular complexity index is 952. The van der Waals surface area contributed by atoms with Crippen molar-refractivity contribution in [2.75, 3.05) is 0 Å². The molecule has 3 aromatic heterocycles. The van der Waals surface area contributed by atoms with Crippen LogP contribution < -0.4 is 5.32 Å². The number of aromatic carboxylic acids is 1. The average molecular weight is 384 g/mol. The highest BCUT2D eigenvalue weighted by atomic mass is 32.1. The molecule has 0 saturated heterocycles. The van der Waals surface area contributed by atoms with Crippen molar-refractivity contribution in [3.63, 3.8) is 0 Å². The van der Waals surface area contributed by atoms with Crippen LogP contribution in [0, 0.1) is 0 Å². The number of nitrogens with one attached hydrogen (secondary N) is 1. The monoisotopic (exact) mass is 384 g/mol. The van der Waals surface area contributed by atoms with E-state index < -0.39 is 5.97 Å². The van der Waals surface area contributed by atoms with Crippen LogP contribution in [0.25, 0.3) is 10.7 Å². The summed E-state index contributed by atoms with van der Waals surface area (Å²) >= 11 is 1.55. The summed E-state index contributed by atoms with van der Waals surface area (Å²) in [6.07, 6.45) is 7.48. The summed E-state index contributed by atoms with van der Waals surface area (Å²) in [5.74, 6) is -0.952. The molecule has 0 aliphatic heterocycles. The second-order valence-electron chi connectivity index (χ2n) is 6.45. The van der Waals surface area contributed by atoms with Gasteiger partial charge < -0.3 is 10.4 Å². The van der Waals surface area contributed by atoms with E-state index in [1.807, 2.05) is 17.0 Å². The van der Waals surface area contributed by atoms with Crippen molar-refractivity contribution in [3.8, 4) is 10.7 Å². The normalized spacial score (nSPS) is 16.3. The number of hydrogen-bond donors (Lipinski definition) is 2. The van der Waals surface area contributed by atoms with Gasteiger partial charge >= 0.3 is 5.97 Å². The van der Waals surface area contributed by atoms with Gasteiger partial charge in [-0.3, -0.25) is 14.6 Å². The maximum atomic E-state index is 11.5. The van der Waals surface area contributed by atoms with Crippen molar-refractivity contribution in [1.29, 1.82) is 0 Å². The standard InChI is InChI=1S/C18H20N6O2S/c1-2-24-15-4-3-11(7-13(15)16(23-24)18(25)26)21-8-12-10-27-17(22-12)14-9-19-5-6-20-14/h5-6,9-11,21H,2-4,7-8H2,1H3,(H,25,26)/t11-/m0/s1. The molecule has 0 saturated carbocycles. The van der Waals surface area contributed by atoms with Crippen molar-refractivity contribution in [1.82, 2.24) is 30.0 Å². The molecule has 0 bridgehead atoms. The fourth-order valence-corrected chi connectivity index (χ4v) is 4.24. The van der Waals surface area contributed by atoms with Gasteiger partial charge in [0.1, 0.15) is 10.7 Å². The second-order valence-corrected chi connectivity index (χ2v) is 7.31. The van der Waals surface area contributed by atoms with Gasteiger partial charge in [-0.05, 0) is 26.2 Å². The Morgan fingerprint density at radius 3 is 3.07 bits per heavy atom. The Hall–Kier alpha value is -2.65.